The number of amides is 2. The number of anilines is 2. The molecule has 1 aliphatic heterocycles. The summed E-state index contributed by atoms with van der Waals surface area (Å²) in [4.78, 5) is 30.9. The van der Waals surface area contributed by atoms with Crippen LogP contribution < -0.4 is 15.0 Å². The number of nitrogens with one attached hydrogen (secondary N) is 1. The van der Waals surface area contributed by atoms with Crippen LogP contribution in [0.25, 0.3) is 11.3 Å². The Balaban J connectivity index is 1.49. The minimum atomic E-state index is -0.212. The molecule has 7 heteroatoms. The van der Waals surface area contributed by atoms with E-state index in [2.05, 4.69) is 16.4 Å². The number of benzene rings is 2. The van der Waals surface area contributed by atoms with Crippen molar-refractivity contribution in [1.82, 2.24) is 4.98 Å². The van der Waals surface area contributed by atoms with Gasteiger partial charge in [-0.15, -0.1) is 11.3 Å². The van der Waals surface area contributed by atoms with E-state index in [4.69, 9.17) is 4.74 Å². The Hall–Kier alpha value is -3.19. The minimum Gasteiger partial charge on any atom is -0.497 e. The summed E-state index contributed by atoms with van der Waals surface area (Å²) in [5.74, 6) is 0.638. The summed E-state index contributed by atoms with van der Waals surface area (Å²) in [6.45, 7) is 2.61. The van der Waals surface area contributed by atoms with Gasteiger partial charge in [0.1, 0.15) is 5.75 Å². The first kappa shape index (κ1) is 19.1. The van der Waals surface area contributed by atoms with E-state index < -0.39 is 0 Å². The fourth-order valence-electron chi connectivity index (χ4n) is 3.39. The molecule has 0 saturated heterocycles. The molecular weight excluding hydrogens is 386 g/mol. The second kappa shape index (κ2) is 8.05. The molecule has 2 heterocycles. The number of hydrogen-bond donors (Lipinski definition) is 1. The van der Waals surface area contributed by atoms with E-state index in [9.17, 15) is 9.59 Å². The molecule has 0 unspecified atom stereocenters. The Bertz CT molecular complexity index is 1060. The fraction of sp³-hybridized carbons (Fsp3) is 0.227. The molecule has 0 aliphatic carbocycles. The normalized spacial score (nSPS) is 12.6. The predicted molar refractivity (Wildman–Crippen MR) is 115 cm³/mol. The van der Waals surface area contributed by atoms with Crippen LogP contribution >= 0.6 is 11.3 Å². The molecule has 0 fully saturated rings. The number of thiazole rings is 1. The maximum absolute atomic E-state index is 12.4. The highest BCUT2D eigenvalue weighted by molar-refractivity contribution is 7.14. The Morgan fingerprint density at radius 3 is 2.72 bits per heavy atom. The van der Waals surface area contributed by atoms with E-state index in [1.807, 2.05) is 29.3 Å². The van der Waals surface area contributed by atoms with Crippen molar-refractivity contribution in [2.75, 3.05) is 23.9 Å². The molecule has 6 nitrogen and oxygen atoms in total. The van der Waals surface area contributed by atoms with E-state index in [1.54, 1.807) is 31.4 Å². The van der Waals surface area contributed by atoms with Crippen molar-refractivity contribution in [1.29, 1.82) is 0 Å². The van der Waals surface area contributed by atoms with Gasteiger partial charge in [0.15, 0.2) is 5.13 Å². The van der Waals surface area contributed by atoms with E-state index in [-0.39, 0.29) is 11.8 Å². The lowest BCUT2D eigenvalue weighted by Gasteiger charge is -2.16. The molecule has 1 N–H and O–H groups in total. The molecule has 29 heavy (non-hydrogen) atoms. The highest BCUT2D eigenvalue weighted by Crippen LogP contribution is 2.33. The van der Waals surface area contributed by atoms with Crippen LogP contribution in [0.5, 0.6) is 5.75 Å². The van der Waals surface area contributed by atoms with Crippen LogP contribution in [0, 0.1) is 0 Å². The molecule has 0 spiro atoms. The van der Waals surface area contributed by atoms with E-state index in [1.165, 1.54) is 11.3 Å². The van der Waals surface area contributed by atoms with Gasteiger partial charge in [-0.2, -0.15) is 0 Å². The third-order valence-electron chi connectivity index (χ3n) is 4.95. The van der Waals surface area contributed by atoms with Crippen molar-refractivity contribution in [2.45, 2.75) is 19.8 Å². The highest BCUT2D eigenvalue weighted by atomic mass is 32.1. The van der Waals surface area contributed by atoms with Gasteiger partial charge < -0.3 is 9.64 Å². The van der Waals surface area contributed by atoms with Gasteiger partial charge in [-0.3, -0.25) is 14.9 Å². The lowest BCUT2D eigenvalue weighted by atomic mass is 10.1. The molecule has 0 radical (unpaired) electrons. The van der Waals surface area contributed by atoms with Crippen molar-refractivity contribution in [3.05, 3.63) is 59.0 Å². The lowest BCUT2D eigenvalue weighted by Crippen LogP contribution is -2.27. The summed E-state index contributed by atoms with van der Waals surface area (Å²) in [7, 11) is 1.59. The van der Waals surface area contributed by atoms with Gasteiger partial charge >= 0.3 is 0 Å². The summed E-state index contributed by atoms with van der Waals surface area (Å²) in [5, 5.41) is 5.31. The number of fused-ring (bicyclic) bond motifs is 1. The van der Waals surface area contributed by atoms with Crippen molar-refractivity contribution < 1.29 is 14.3 Å². The van der Waals surface area contributed by atoms with E-state index in [0.29, 0.717) is 22.9 Å². The van der Waals surface area contributed by atoms with Gasteiger partial charge in [-0.25, -0.2) is 4.98 Å². The Labute approximate surface area is 173 Å². The maximum Gasteiger partial charge on any atom is 0.257 e. The molecule has 2 amide bonds. The van der Waals surface area contributed by atoms with Gasteiger partial charge in [0.05, 0.1) is 12.8 Å². The Morgan fingerprint density at radius 1 is 1.21 bits per heavy atom. The standard InChI is InChI=1S/C22H21N3O3S/c1-3-20(26)25-11-10-16-12-15(6-9-19(16)25)18-13-29-22(23-18)24-21(27)14-4-7-17(28-2)8-5-14/h4-9,12-13H,3,10-11H2,1-2H3,(H,23,24,27). The molecule has 0 atom stereocenters. The number of hydrogen-bond acceptors (Lipinski definition) is 5. The van der Waals surface area contributed by atoms with Gasteiger partial charge in [0.2, 0.25) is 5.91 Å². The van der Waals surface area contributed by atoms with Crippen molar-refractivity contribution in [3.8, 4) is 17.0 Å². The Kier molecular flexibility index (Phi) is 5.31. The molecule has 1 aromatic heterocycles. The molecule has 4 rings (SSSR count). The van der Waals surface area contributed by atoms with Crippen LogP contribution in [0.3, 0.4) is 0 Å². The predicted octanol–water partition coefficient (Wildman–Crippen LogP) is 4.37. The van der Waals surface area contributed by atoms with Gasteiger partial charge in [-0.1, -0.05) is 13.0 Å². The average molecular weight is 407 g/mol. The van der Waals surface area contributed by atoms with Crippen LogP contribution in [0.15, 0.2) is 47.8 Å². The first-order chi connectivity index (χ1) is 14.1. The quantitative estimate of drug-likeness (QED) is 0.682. The van der Waals surface area contributed by atoms with Gasteiger partial charge in [0, 0.05) is 35.2 Å². The first-order valence-electron chi connectivity index (χ1n) is 9.43. The second-order valence-corrected chi connectivity index (χ2v) is 7.57. The summed E-state index contributed by atoms with van der Waals surface area (Å²) in [6.07, 6.45) is 1.35. The fourth-order valence-corrected chi connectivity index (χ4v) is 4.10. The molecule has 0 saturated carbocycles. The highest BCUT2D eigenvalue weighted by Gasteiger charge is 2.24. The molecule has 148 valence electrons. The third-order valence-corrected chi connectivity index (χ3v) is 5.71. The topological polar surface area (TPSA) is 71.5 Å². The third kappa shape index (κ3) is 3.86. The number of rotatable bonds is 5. The average Bonchev–Trinajstić information content (AvgIpc) is 3.39. The van der Waals surface area contributed by atoms with E-state index in [0.717, 1.165) is 35.5 Å². The largest absolute Gasteiger partial charge is 0.497 e. The van der Waals surface area contributed by atoms with Gasteiger partial charge in [-0.05, 0) is 48.4 Å². The maximum atomic E-state index is 12.4. The first-order valence-corrected chi connectivity index (χ1v) is 10.3. The van der Waals surface area contributed by atoms with Crippen molar-refractivity contribution >= 4 is 34.0 Å². The number of carbonyl (C=O) groups is 2. The zero-order valence-electron chi connectivity index (χ0n) is 16.3. The SMILES string of the molecule is CCC(=O)N1CCc2cc(-c3csc(NC(=O)c4ccc(OC)cc4)n3)ccc21. The summed E-state index contributed by atoms with van der Waals surface area (Å²) in [5.41, 5.74) is 4.48. The minimum absolute atomic E-state index is 0.147. The molecule has 2 aromatic carbocycles. The number of methoxy groups -OCH3 is 1. The zero-order chi connectivity index (χ0) is 20.4. The van der Waals surface area contributed by atoms with Crippen LogP contribution in [0.4, 0.5) is 10.8 Å². The van der Waals surface area contributed by atoms with Crippen molar-refractivity contribution in [3.63, 3.8) is 0 Å². The lowest BCUT2D eigenvalue weighted by molar-refractivity contribution is -0.118. The number of carbonyl (C=O) groups excluding carboxylic acids is 2. The number of ether oxygens (including phenoxy) is 1. The monoisotopic (exact) mass is 407 g/mol. The zero-order valence-corrected chi connectivity index (χ0v) is 17.1. The van der Waals surface area contributed by atoms with E-state index >= 15 is 0 Å². The molecule has 3 aromatic rings. The summed E-state index contributed by atoms with van der Waals surface area (Å²) < 4.78 is 5.11. The molecule has 1 aliphatic rings. The summed E-state index contributed by atoms with van der Waals surface area (Å²) in [6, 6.07) is 13.0. The smallest absolute Gasteiger partial charge is 0.257 e. The van der Waals surface area contributed by atoms with Crippen molar-refractivity contribution in [2.24, 2.45) is 0 Å². The van der Waals surface area contributed by atoms with Crippen LogP contribution in [0.2, 0.25) is 0 Å². The second-order valence-electron chi connectivity index (χ2n) is 6.71. The summed E-state index contributed by atoms with van der Waals surface area (Å²) >= 11 is 1.39. The number of nitrogens with zero attached hydrogens (tertiary/aromatic N) is 2. The number of aromatic nitrogens is 1. The van der Waals surface area contributed by atoms with Gasteiger partial charge in [0.25, 0.3) is 5.91 Å². The Morgan fingerprint density at radius 2 is 2.00 bits per heavy atom. The van der Waals surface area contributed by atoms with Crippen LogP contribution in [0.1, 0.15) is 29.3 Å². The van der Waals surface area contributed by atoms with Crippen LogP contribution in [-0.4, -0.2) is 30.5 Å². The molecular formula is C22H21N3O3S. The molecule has 0 bridgehead atoms. The van der Waals surface area contributed by atoms with Crippen LogP contribution in [-0.2, 0) is 11.2 Å².